The van der Waals surface area contributed by atoms with Gasteiger partial charge in [0.1, 0.15) is 4.88 Å². The van der Waals surface area contributed by atoms with E-state index in [2.05, 4.69) is 9.46 Å². The van der Waals surface area contributed by atoms with Crippen molar-refractivity contribution in [3.8, 4) is 5.75 Å². The van der Waals surface area contributed by atoms with Crippen LogP contribution in [-0.2, 0) is 19.6 Å². The van der Waals surface area contributed by atoms with Crippen molar-refractivity contribution in [1.29, 1.82) is 0 Å². The smallest absolute Gasteiger partial charge is 0.348 e. The first-order chi connectivity index (χ1) is 10.5. The summed E-state index contributed by atoms with van der Waals surface area (Å²) in [6, 6.07) is 1.29. The highest BCUT2D eigenvalue weighted by Gasteiger charge is 2.31. The van der Waals surface area contributed by atoms with E-state index in [4.69, 9.17) is 9.84 Å². The summed E-state index contributed by atoms with van der Waals surface area (Å²) >= 11 is 0.722. The lowest BCUT2D eigenvalue weighted by Crippen LogP contribution is -2.43. The minimum Gasteiger partial charge on any atom is -0.494 e. The first-order valence-electron chi connectivity index (χ1n) is 6.54. The number of rotatable bonds is 8. The summed E-state index contributed by atoms with van der Waals surface area (Å²) in [6.45, 7) is 3.16. The number of carbonyl (C=O) groups excluding carboxylic acids is 1. The second-order valence-corrected chi connectivity index (χ2v) is 8.27. The molecule has 1 aromatic rings. The quantitative estimate of drug-likeness (QED) is 0.669. The SMILES string of the molecule is COC(=O)c1cc(OC)c(S(=O)(=O)NC(C)(C)CCC(=O)O)s1. The number of nitrogens with one attached hydrogen (secondary N) is 1. The highest BCUT2D eigenvalue weighted by Crippen LogP contribution is 2.34. The van der Waals surface area contributed by atoms with Gasteiger partial charge in [0.25, 0.3) is 10.0 Å². The Hall–Kier alpha value is -1.65. The fourth-order valence-electron chi connectivity index (χ4n) is 1.77. The molecular weight excluding hydrogens is 346 g/mol. The number of ether oxygens (including phenoxy) is 2. The van der Waals surface area contributed by atoms with E-state index in [1.165, 1.54) is 20.3 Å². The van der Waals surface area contributed by atoms with Crippen LogP contribution in [0.2, 0.25) is 0 Å². The third kappa shape index (κ3) is 5.19. The zero-order chi connectivity index (χ0) is 17.8. The van der Waals surface area contributed by atoms with Crippen molar-refractivity contribution >= 4 is 33.3 Å². The average molecular weight is 365 g/mol. The molecule has 1 aromatic heterocycles. The number of hydrogen-bond acceptors (Lipinski definition) is 7. The lowest BCUT2D eigenvalue weighted by molar-refractivity contribution is -0.137. The number of sulfonamides is 1. The van der Waals surface area contributed by atoms with Gasteiger partial charge in [0.2, 0.25) is 0 Å². The van der Waals surface area contributed by atoms with Crippen molar-refractivity contribution < 1.29 is 32.6 Å². The van der Waals surface area contributed by atoms with E-state index < -0.39 is 27.5 Å². The summed E-state index contributed by atoms with van der Waals surface area (Å²) < 4.78 is 36.9. The molecule has 0 saturated heterocycles. The lowest BCUT2D eigenvalue weighted by Gasteiger charge is -2.25. The Morgan fingerprint density at radius 1 is 1.35 bits per heavy atom. The third-order valence-corrected chi connectivity index (χ3v) is 6.20. The van der Waals surface area contributed by atoms with Crippen LogP contribution in [0.1, 0.15) is 36.4 Å². The zero-order valence-corrected chi connectivity index (χ0v) is 14.8. The number of aliphatic carboxylic acids is 1. The third-order valence-electron chi connectivity index (χ3n) is 2.89. The fraction of sp³-hybridized carbons (Fsp3) is 0.538. The topological polar surface area (TPSA) is 119 Å². The molecule has 0 unspecified atom stereocenters. The van der Waals surface area contributed by atoms with Crippen molar-refractivity contribution in [3.05, 3.63) is 10.9 Å². The van der Waals surface area contributed by atoms with E-state index in [-0.39, 0.29) is 27.7 Å². The molecule has 0 aliphatic heterocycles. The Morgan fingerprint density at radius 3 is 2.43 bits per heavy atom. The van der Waals surface area contributed by atoms with Crippen molar-refractivity contribution in [2.75, 3.05) is 14.2 Å². The number of methoxy groups -OCH3 is 2. The first kappa shape index (κ1) is 19.4. The van der Waals surface area contributed by atoms with Crippen LogP contribution in [0, 0.1) is 0 Å². The van der Waals surface area contributed by atoms with Crippen molar-refractivity contribution in [1.82, 2.24) is 4.72 Å². The number of carboxylic acid groups (broad SMARTS) is 1. The molecule has 0 aliphatic carbocycles. The molecule has 10 heteroatoms. The minimum atomic E-state index is -3.99. The highest BCUT2D eigenvalue weighted by atomic mass is 32.2. The van der Waals surface area contributed by atoms with Gasteiger partial charge in [-0.05, 0) is 20.3 Å². The van der Waals surface area contributed by atoms with Crippen LogP contribution in [0.3, 0.4) is 0 Å². The lowest BCUT2D eigenvalue weighted by atomic mass is 10.0. The normalized spacial score (nSPS) is 12.0. The van der Waals surface area contributed by atoms with Crippen molar-refractivity contribution in [2.24, 2.45) is 0 Å². The molecule has 1 heterocycles. The molecule has 0 spiro atoms. The molecule has 0 bridgehead atoms. The van der Waals surface area contributed by atoms with Crippen LogP contribution >= 0.6 is 11.3 Å². The van der Waals surface area contributed by atoms with Crippen LogP contribution in [0.4, 0.5) is 0 Å². The van der Waals surface area contributed by atoms with Gasteiger partial charge in [-0.3, -0.25) is 4.79 Å². The fourth-order valence-corrected chi connectivity index (χ4v) is 4.71. The highest BCUT2D eigenvalue weighted by molar-refractivity contribution is 7.91. The van der Waals surface area contributed by atoms with Crippen LogP contribution in [0.25, 0.3) is 0 Å². The summed E-state index contributed by atoms with van der Waals surface area (Å²) in [6.07, 6.45) is -0.0659. The van der Waals surface area contributed by atoms with Gasteiger partial charge in [-0.2, -0.15) is 0 Å². The molecule has 1 rings (SSSR count). The van der Waals surface area contributed by atoms with E-state index in [9.17, 15) is 18.0 Å². The number of esters is 1. The van der Waals surface area contributed by atoms with Gasteiger partial charge in [-0.25, -0.2) is 17.9 Å². The van der Waals surface area contributed by atoms with Crippen molar-refractivity contribution in [3.63, 3.8) is 0 Å². The standard InChI is InChI=1S/C13H19NO7S2/c1-13(2,6-5-10(15)16)14-23(18,19)12-8(20-3)7-9(22-12)11(17)21-4/h7,14H,5-6H2,1-4H3,(H,15,16). The van der Waals surface area contributed by atoms with Gasteiger partial charge in [-0.1, -0.05) is 0 Å². The minimum absolute atomic E-state index is 0.0249. The summed E-state index contributed by atoms with van der Waals surface area (Å²) in [5.74, 6) is -1.66. The van der Waals surface area contributed by atoms with Gasteiger partial charge in [0, 0.05) is 18.0 Å². The van der Waals surface area contributed by atoms with Gasteiger partial charge in [-0.15, -0.1) is 11.3 Å². The van der Waals surface area contributed by atoms with Gasteiger partial charge in [0.15, 0.2) is 9.96 Å². The predicted molar refractivity (Wildman–Crippen MR) is 83.5 cm³/mol. The second kappa shape index (κ2) is 7.28. The maximum Gasteiger partial charge on any atom is 0.348 e. The monoisotopic (exact) mass is 365 g/mol. The molecule has 0 saturated carbocycles. The van der Waals surface area contributed by atoms with E-state index in [0.717, 1.165) is 11.3 Å². The van der Waals surface area contributed by atoms with Crippen LogP contribution in [-0.4, -0.2) is 45.2 Å². The summed E-state index contributed by atoms with van der Waals surface area (Å²) in [4.78, 5) is 22.3. The number of carboxylic acids is 1. The van der Waals surface area contributed by atoms with E-state index in [1.807, 2.05) is 0 Å². The molecule has 0 aromatic carbocycles. The van der Waals surface area contributed by atoms with E-state index >= 15 is 0 Å². The summed E-state index contributed by atoms with van der Waals surface area (Å²) in [7, 11) is -1.51. The van der Waals surface area contributed by atoms with Crippen LogP contribution in [0.15, 0.2) is 10.3 Å². The Bertz CT molecular complexity index is 691. The Labute approximate surface area is 138 Å². The van der Waals surface area contributed by atoms with Crippen molar-refractivity contribution in [2.45, 2.75) is 36.4 Å². The number of carbonyl (C=O) groups is 2. The molecule has 0 radical (unpaired) electrons. The number of hydrogen-bond donors (Lipinski definition) is 2. The Balaban J connectivity index is 3.10. The van der Waals surface area contributed by atoms with Crippen LogP contribution in [0.5, 0.6) is 5.75 Å². The summed E-state index contributed by atoms with van der Waals surface area (Å²) in [5.41, 5.74) is -0.975. The maximum absolute atomic E-state index is 12.5. The molecule has 130 valence electrons. The zero-order valence-electron chi connectivity index (χ0n) is 13.2. The second-order valence-electron chi connectivity index (χ2n) is 5.34. The number of thiophene rings is 1. The summed E-state index contributed by atoms with van der Waals surface area (Å²) in [5, 5.41) is 8.72. The largest absolute Gasteiger partial charge is 0.494 e. The predicted octanol–water partition coefficient (Wildman–Crippen LogP) is 1.46. The first-order valence-corrected chi connectivity index (χ1v) is 8.84. The van der Waals surface area contributed by atoms with E-state index in [1.54, 1.807) is 13.8 Å². The molecular formula is C13H19NO7S2. The van der Waals surface area contributed by atoms with Crippen LogP contribution < -0.4 is 9.46 Å². The Morgan fingerprint density at radius 2 is 1.96 bits per heavy atom. The maximum atomic E-state index is 12.5. The molecule has 0 atom stereocenters. The molecule has 23 heavy (non-hydrogen) atoms. The van der Waals surface area contributed by atoms with Gasteiger partial charge >= 0.3 is 11.9 Å². The van der Waals surface area contributed by atoms with E-state index in [0.29, 0.717) is 0 Å². The molecule has 0 amide bonds. The molecule has 0 aliphatic rings. The van der Waals surface area contributed by atoms with Gasteiger partial charge in [0.05, 0.1) is 14.2 Å². The average Bonchev–Trinajstić information content (AvgIpc) is 2.88. The van der Waals surface area contributed by atoms with Gasteiger partial charge < -0.3 is 14.6 Å². The molecule has 2 N–H and O–H groups in total. The Kier molecular flexibility index (Phi) is 6.14. The molecule has 0 fully saturated rings. The molecule has 8 nitrogen and oxygen atoms in total.